The number of carbonyl (C=O) groups is 2. The van der Waals surface area contributed by atoms with E-state index in [4.69, 9.17) is 28.4 Å². The van der Waals surface area contributed by atoms with Crippen molar-refractivity contribution in [3.8, 4) is 45.6 Å². The van der Waals surface area contributed by atoms with Gasteiger partial charge >= 0.3 is 5.97 Å². The van der Waals surface area contributed by atoms with Crippen molar-refractivity contribution in [2.45, 2.75) is 32.9 Å². The molecular formula is C24H27NNaO10. The Morgan fingerprint density at radius 1 is 0.944 bits per heavy atom. The van der Waals surface area contributed by atoms with Crippen LogP contribution in [-0.4, -0.2) is 85.5 Å². The Morgan fingerprint density at radius 3 is 1.97 bits per heavy atom. The third kappa shape index (κ3) is 5.01. The van der Waals surface area contributed by atoms with Crippen molar-refractivity contribution in [1.29, 1.82) is 0 Å². The summed E-state index contributed by atoms with van der Waals surface area (Å²) >= 11 is 0. The number of aliphatic carboxylic acids is 1. The van der Waals surface area contributed by atoms with Gasteiger partial charge in [-0.05, 0) is 30.0 Å². The first-order valence-corrected chi connectivity index (χ1v) is 11.0. The number of fused-ring (bicyclic) bond motifs is 2. The molecule has 189 valence electrons. The van der Waals surface area contributed by atoms with Crippen molar-refractivity contribution in [2.24, 2.45) is 5.92 Å². The van der Waals surface area contributed by atoms with Gasteiger partial charge in [-0.25, -0.2) is 4.79 Å². The summed E-state index contributed by atoms with van der Waals surface area (Å²) in [6, 6.07) is 1.90. The number of hydrogen-bond donors (Lipinski definition) is 3. The van der Waals surface area contributed by atoms with Crippen molar-refractivity contribution >= 4 is 41.4 Å². The molecule has 2 aliphatic heterocycles. The normalized spacial score (nSPS) is 13.7. The van der Waals surface area contributed by atoms with Gasteiger partial charge in [0, 0.05) is 40.7 Å². The Kier molecular flexibility index (Phi) is 8.83. The number of amides is 1. The number of ether oxygens (including phenoxy) is 6. The van der Waals surface area contributed by atoms with Crippen LogP contribution in [0.4, 0.5) is 0 Å². The standard InChI is InChI=1S/C24H27NO10.Na/c1-11(2)5-14(24(28)29)25-23(27)13-7-16(31-4)20-22(35-10-33-20)18(13)17-12(8-26)6-15(30-3)19-21(17)34-9-32-19;/h6-7,11,14,26H,5,8-10H2,1-4H3,(H,25,27)(H,28,29);. The quantitative estimate of drug-likeness (QED) is 0.428. The molecule has 1 atom stereocenters. The van der Waals surface area contributed by atoms with Gasteiger partial charge < -0.3 is 44.0 Å². The Labute approximate surface area is 229 Å². The van der Waals surface area contributed by atoms with Crippen molar-refractivity contribution in [1.82, 2.24) is 5.32 Å². The van der Waals surface area contributed by atoms with Gasteiger partial charge in [0.15, 0.2) is 23.0 Å². The fraction of sp³-hybridized carbons (Fsp3) is 0.417. The molecule has 0 bridgehead atoms. The summed E-state index contributed by atoms with van der Waals surface area (Å²) in [4.78, 5) is 25.4. The van der Waals surface area contributed by atoms with E-state index >= 15 is 0 Å². The van der Waals surface area contributed by atoms with E-state index in [9.17, 15) is 19.8 Å². The average molecular weight is 512 g/mol. The maximum atomic E-state index is 13.5. The zero-order valence-electron chi connectivity index (χ0n) is 20.8. The Morgan fingerprint density at radius 2 is 1.47 bits per heavy atom. The molecule has 1 radical (unpaired) electrons. The minimum atomic E-state index is -1.15. The number of benzene rings is 2. The van der Waals surface area contributed by atoms with Crippen LogP contribution in [0.25, 0.3) is 11.1 Å². The minimum absolute atomic E-state index is 0. The molecule has 0 aliphatic carbocycles. The molecule has 0 saturated carbocycles. The topological polar surface area (TPSA) is 142 Å². The van der Waals surface area contributed by atoms with Crippen LogP contribution in [0.3, 0.4) is 0 Å². The first-order valence-electron chi connectivity index (χ1n) is 11.0. The van der Waals surface area contributed by atoms with Crippen molar-refractivity contribution < 1.29 is 48.2 Å². The molecule has 2 aromatic carbocycles. The van der Waals surface area contributed by atoms with E-state index in [1.54, 1.807) is 6.07 Å². The van der Waals surface area contributed by atoms with E-state index in [1.807, 2.05) is 13.8 Å². The first-order chi connectivity index (χ1) is 16.8. The Bertz CT molecular complexity index is 1170. The minimum Gasteiger partial charge on any atom is -0.493 e. The molecule has 12 heteroatoms. The molecule has 0 aromatic heterocycles. The molecule has 0 spiro atoms. The van der Waals surface area contributed by atoms with Gasteiger partial charge in [0.25, 0.3) is 5.91 Å². The van der Waals surface area contributed by atoms with Gasteiger partial charge in [-0.1, -0.05) is 13.8 Å². The summed E-state index contributed by atoms with van der Waals surface area (Å²) in [6.45, 7) is 3.08. The molecule has 0 fully saturated rings. The SMILES string of the molecule is COc1cc(CO)c(-c2c(C(=O)NC(CC(C)C)C(=O)O)cc(OC)c3c2OCO3)c2c1OCO2.[Na]. The Balaban J connectivity index is 0.00000361. The van der Waals surface area contributed by atoms with E-state index in [2.05, 4.69) is 5.32 Å². The number of aliphatic hydroxyl groups is 1. The zero-order chi connectivity index (χ0) is 25.3. The van der Waals surface area contributed by atoms with E-state index in [0.717, 1.165) is 0 Å². The molecule has 2 aliphatic rings. The predicted molar refractivity (Wildman–Crippen MR) is 127 cm³/mol. The summed E-state index contributed by atoms with van der Waals surface area (Å²) in [5, 5.41) is 22.5. The molecule has 0 saturated heterocycles. The smallest absolute Gasteiger partial charge is 0.326 e. The van der Waals surface area contributed by atoms with E-state index in [0.29, 0.717) is 22.6 Å². The zero-order valence-corrected chi connectivity index (χ0v) is 22.8. The van der Waals surface area contributed by atoms with Crippen LogP contribution in [-0.2, 0) is 11.4 Å². The number of rotatable bonds is 9. The second kappa shape index (κ2) is 11.5. The monoisotopic (exact) mass is 512 g/mol. The summed E-state index contributed by atoms with van der Waals surface area (Å²) in [6.07, 6.45) is 0.231. The second-order valence-electron chi connectivity index (χ2n) is 8.40. The van der Waals surface area contributed by atoms with E-state index < -0.39 is 24.5 Å². The van der Waals surface area contributed by atoms with Gasteiger partial charge in [0.2, 0.25) is 25.1 Å². The van der Waals surface area contributed by atoms with Crippen molar-refractivity contribution in [2.75, 3.05) is 27.8 Å². The molecule has 1 amide bonds. The number of carboxylic acid groups (broad SMARTS) is 1. The van der Waals surface area contributed by atoms with Crippen molar-refractivity contribution in [3.63, 3.8) is 0 Å². The van der Waals surface area contributed by atoms with Crippen LogP contribution in [0.15, 0.2) is 12.1 Å². The van der Waals surface area contributed by atoms with Crippen LogP contribution < -0.4 is 33.7 Å². The number of aliphatic hydroxyl groups excluding tert-OH is 1. The molecule has 3 N–H and O–H groups in total. The maximum absolute atomic E-state index is 13.5. The van der Waals surface area contributed by atoms with Gasteiger partial charge in [0.05, 0.1) is 26.4 Å². The van der Waals surface area contributed by atoms with E-state index in [1.165, 1.54) is 20.3 Å². The third-order valence-electron chi connectivity index (χ3n) is 5.71. The summed E-state index contributed by atoms with van der Waals surface area (Å²) in [5.74, 6) is -0.197. The number of methoxy groups -OCH3 is 2. The summed E-state index contributed by atoms with van der Waals surface area (Å²) in [5.41, 5.74) is 1.02. The van der Waals surface area contributed by atoms with Crippen LogP contribution in [0.5, 0.6) is 34.5 Å². The number of hydrogen-bond acceptors (Lipinski definition) is 9. The Hall–Kier alpha value is -2.86. The molecule has 2 heterocycles. The predicted octanol–water partition coefficient (Wildman–Crippen LogP) is 2.17. The molecule has 1 unspecified atom stereocenters. The molecule has 2 aromatic rings. The van der Waals surface area contributed by atoms with Crippen LogP contribution in [0, 0.1) is 5.92 Å². The van der Waals surface area contributed by atoms with Gasteiger partial charge in [-0.15, -0.1) is 0 Å². The summed E-state index contributed by atoms with van der Waals surface area (Å²) < 4.78 is 33.4. The fourth-order valence-electron chi connectivity index (χ4n) is 4.19. The van der Waals surface area contributed by atoms with Crippen LogP contribution in [0.1, 0.15) is 36.2 Å². The second-order valence-corrected chi connectivity index (χ2v) is 8.40. The third-order valence-corrected chi connectivity index (χ3v) is 5.71. The van der Waals surface area contributed by atoms with Crippen LogP contribution >= 0.6 is 0 Å². The van der Waals surface area contributed by atoms with Gasteiger partial charge in [-0.2, -0.15) is 0 Å². The van der Waals surface area contributed by atoms with Gasteiger partial charge in [0.1, 0.15) is 6.04 Å². The molecule has 11 nitrogen and oxygen atoms in total. The van der Waals surface area contributed by atoms with Crippen molar-refractivity contribution in [3.05, 3.63) is 23.3 Å². The maximum Gasteiger partial charge on any atom is 0.326 e. The summed E-state index contributed by atoms with van der Waals surface area (Å²) in [7, 11) is 2.87. The first kappa shape index (κ1) is 27.7. The van der Waals surface area contributed by atoms with Gasteiger partial charge in [-0.3, -0.25) is 4.79 Å². The largest absolute Gasteiger partial charge is 0.493 e. The number of carboxylic acids is 1. The van der Waals surface area contributed by atoms with E-state index in [-0.39, 0.29) is 89.6 Å². The number of nitrogens with one attached hydrogen (secondary N) is 1. The van der Waals surface area contributed by atoms with Crippen LogP contribution in [0.2, 0.25) is 0 Å². The fourth-order valence-corrected chi connectivity index (χ4v) is 4.19. The average Bonchev–Trinajstić information content (AvgIpc) is 3.51. The molecule has 4 rings (SSSR count). The molecule has 36 heavy (non-hydrogen) atoms. The number of carbonyl (C=O) groups excluding carboxylic acids is 1. The molecular weight excluding hydrogens is 485 g/mol.